The van der Waals surface area contributed by atoms with Crippen molar-refractivity contribution in [1.82, 2.24) is 18.7 Å². The van der Waals surface area contributed by atoms with E-state index in [-0.39, 0.29) is 23.6 Å². The summed E-state index contributed by atoms with van der Waals surface area (Å²) in [4.78, 5) is 40.5. The van der Waals surface area contributed by atoms with Crippen LogP contribution < -0.4 is 16.6 Å². The molecule has 2 heterocycles. The minimum atomic E-state index is -0.478. The largest absolute Gasteiger partial charge is 0.332 e. The lowest BCUT2D eigenvalue weighted by atomic mass is 10.2. The van der Waals surface area contributed by atoms with Gasteiger partial charge in [-0.1, -0.05) is 17.7 Å². The molecule has 8 heteroatoms. The average molecular weight is 327 g/mol. The van der Waals surface area contributed by atoms with E-state index in [4.69, 9.17) is 0 Å². The maximum atomic E-state index is 12.3. The third-order valence-corrected chi connectivity index (χ3v) is 3.87. The quantitative estimate of drug-likeness (QED) is 0.753. The zero-order chi connectivity index (χ0) is 17.4. The van der Waals surface area contributed by atoms with E-state index < -0.39 is 11.2 Å². The van der Waals surface area contributed by atoms with Gasteiger partial charge in [0.05, 0.1) is 6.33 Å². The normalized spacial score (nSPS) is 11.0. The Labute approximate surface area is 137 Å². The highest BCUT2D eigenvalue weighted by atomic mass is 16.2. The fourth-order valence-electron chi connectivity index (χ4n) is 2.51. The lowest BCUT2D eigenvalue weighted by molar-refractivity contribution is -0.116. The Morgan fingerprint density at radius 2 is 1.79 bits per heavy atom. The molecule has 0 spiro atoms. The van der Waals surface area contributed by atoms with E-state index in [1.54, 1.807) is 0 Å². The van der Waals surface area contributed by atoms with Gasteiger partial charge in [-0.25, -0.2) is 9.78 Å². The van der Waals surface area contributed by atoms with Gasteiger partial charge < -0.3 is 9.88 Å². The standard InChI is InChI=1S/C16H17N5O3/c1-10-4-6-11(7-5-10)18-12(22)8-21-9-17-14-13(21)15(23)20(3)16(24)19(14)2/h4-7,9H,8H2,1-3H3,(H,18,22). The van der Waals surface area contributed by atoms with Crippen molar-refractivity contribution < 1.29 is 4.79 Å². The highest BCUT2D eigenvalue weighted by Gasteiger charge is 2.15. The summed E-state index contributed by atoms with van der Waals surface area (Å²) < 4.78 is 3.73. The highest BCUT2D eigenvalue weighted by Crippen LogP contribution is 2.10. The zero-order valence-corrected chi connectivity index (χ0v) is 13.6. The number of imidazole rings is 1. The fraction of sp³-hybridized carbons (Fsp3) is 0.250. The van der Waals surface area contributed by atoms with Crippen LogP contribution in [-0.4, -0.2) is 24.6 Å². The van der Waals surface area contributed by atoms with Crippen LogP contribution in [0.5, 0.6) is 0 Å². The molecule has 124 valence electrons. The fourth-order valence-corrected chi connectivity index (χ4v) is 2.51. The first kappa shape index (κ1) is 15.7. The average Bonchev–Trinajstić information content (AvgIpc) is 2.96. The van der Waals surface area contributed by atoms with Crippen molar-refractivity contribution >= 4 is 22.8 Å². The monoisotopic (exact) mass is 327 g/mol. The number of rotatable bonds is 3. The molecule has 0 aliphatic rings. The third kappa shape index (κ3) is 2.62. The number of aryl methyl sites for hydroxylation is 2. The molecule has 0 radical (unpaired) electrons. The molecule has 0 aliphatic heterocycles. The van der Waals surface area contributed by atoms with Crippen LogP contribution in [0.25, 0.3) is 11.2 Å². The Kier molecular flexibility index (Phi) is 3.80. The number of hydrogen-bond acceptors (Lipinski definition) is 4. The summed E-state index contributed by atoms with van der Waals surface area (Å²) in [5, 5.41) is 2.77. The Hall–Kier alpha value is -3.16. The van der Waals surface area contributed by atoms with Crippen molar-refractivity contribution in [2.45, 2.75) is 13.5 Å². The predicted octanol–water partition coefficient (Wildman–Crippen LogP) is 0.381. The van der Waals surface area contributed by atoms with Crippen molar-refractivity contribution in [3.63, 3.8) is 0 Å². The topological polar surface area (TPSA) is 90.9 Å². The minimum Gasteiger partial charge on any atom is -0.325 e. The highest BCUT2D eigenvalue weighted by molar-refractivity contribution is 5.91. The molecule has 0 unspecified atom stereocenters. The van der Waals surface area contributed by atoms with Crippen molar-refractivity contribution in [3.05, 3.63) is 57.0 Å². The van der Waals surface area contributed by atoms with E-state index >= 15 is 0 Å². The van der Waals surface area contributed by atoms with Crippen LogP contribution in [0, 0.1) is 6.92 Å². The molecule has 0 aliphatic carbocycles. The van der Waals surface area contributed by atoms with Crippen LogP contribution in [0.2, 0.25) is 0 Å². The molecule has 0 fully saturated rings. The van der Waals surface area contributed by atoms with Crippen LogP contribution in [0.1, 0.15) is 5.56 Å². The Bertz CT molecular complexity index is 1040. The minimum absolute atomic E-state index is 0.0716. The number of fused-ring (bicyclic) bond motifs is 1. The second kappa shape index (κ2) is 5.80. The van der Waals surface area contributed by atoms with Gasteiger partial charge in [0, 0.05) is 19.8 Å². The molecule has 2 aromatic heterocycles. The van der Waals surface area contributed by atoms with Crippen LogP contribution in [0.3, 0.4) is 0 Å². The van der Waals surface area contributed by atoms with Crippen LogP contribution in [0.4, 0.5) is 5.69 Å². The number of aromatic nitrogens is 4. The van der Waals surface area contributed by atoms with Gasteiger partial charge in [-0.05, 0) is 19.1 Å². The summed E-state index contributed by atoms with van der Waals surface area (Å²) in [7, 11) is 2.93. The number of nitrogens with one attached hydrogen (secondary N) is 1. The molecule has 0 bridgehead atoms. The first-order valence-electron chi connectivity index (χ1n) is 7.36. The maximum Gasteiger partial charge on any atom is 0.332 e. The number of hydrogen-bond donors (Lipinski definition) is 1. The molecule has 1 aromatic carbocycles. The van der Waals surface area contributed by atoms with E-state index in [1.165, 1.54) is 29.6 Å². The van der Waals surface area contributed by atoms with E-state index in [9.17, 15) is 14.4 Å². The Morgan fingerprint density at radius 3 is 2.46 bits per heavy atom. The van der Waals surface area contributed by atoms with Crippen molar-refractivity contribution in [2.75, 3.05) is 5.32 Å². The molecule has 0 saturated heterocycles. The van der Waals surface area contributed by atoms with Gasteiger partial charge in [0.25, 0.3) is 5.56 Å². The Morgan fingerprint density at radius 1 is 1.12 bits per heavy atom. The van der Waals surface area contributed by atoms with Gasteiger partial charge in [-0.3, -0.25) is 18.7 Å². The number of amides is 1. The number of anilines is 1. The van der Waals surface area contributed by atoms with Crippen molar-refractivity contribution in [1.29, 1.82) is 0 Å². The SMILES string of the molecule is Cc1ccc(NC(=O)Cn2cnc3c2c(=O)n(C)c(=O)n3C)cc1. The summed E-state index contributed by atoms with van der Waals surface area (Å²) in [6, 6.07) is 7.41. The predicted molar refractivity (Wildman–Crippen MR) is 90.0 cm³/mol. The molecule has 0 saturated carbocycles. The van der Waals surface area contributed by atoms with E-state index in [0.717, 1.165) is 10.1 Å². The van der Waals surface area contributed by atoms with Gasteiger partial charge in [-0.15, -0.1) is 0 Å². The lowest BCUT2D eigenvalue weighted by Gasteiger charge is -2.08. The first-order valence-corrected chi connectivity index (χ1v) is 7.36. The summed E-state index contributed by atoms with van der Waals surface area (Å²) in [6.07, 6.45) is 1.39. The van der Waals surface area contributed by atoms with Gasteiger partial charge in [0.2, 0.25) is 5.91 Å². The lowest BCUT2D eigenvalue weighted by Crippen LogP contribution is -2.37. The second-order valence-electron chi connectivity index (χ2n) is 5.66. The van der Waals surface area contributed by atoms with Crippen LogP contribution >= 0.6 is 0 Å². The molecule has 3 rings (SSSR count). The molecule has 3 aromatic rings. The summed E-state index contributed by atoms with van der Waals surface area (Å²) in [5.74, 6) is -0.283. The number of carbonyl (C=O) groups is 1. The van der Waals surface area contributed by atoms with Gasteiger partial charge >= 0.3 is 5.69 Å². The molecular weight excluding hydrogens is 310 g/mol. The molecule has 24 heavy (non-hydrogen) atoms. The number of benzene rings is 1. The van der Waals surface area contributed by atoms with E-state index in [2.05, 4.69) is 10.3 Å². The van der Waals surface area contributed by atoms with E-state index in [1.807, 2.05) is 31.2 Å². The van der Waals surface area contributed by atoms with Crippen molar-refractivity contribution in [3.8, 4) is 0 Å². The molecule has 0 atom stereocenters. The molecule has 1 N–H and O–H groups in total. The molecular formula is C16H17N5O3. The van der Waals surface area contributed by atoms with Crippen LogP contribution in [-0.2, 0) is 25.4 Å². The van der Waals surface area contributed by atoms with E-state index in [0.29, 0.717) is 5.69 Å². The summed E-state index contributed by atoms with van der Waals surface area (Å²) in [5.41, 5.74) is 1.31. The number of carbonyl (C=O) groups excluding carboxylic acids is 1. The van der Waals surface area contributed by atoms with Gasteiger partial charge in [0.1, 0.15) is 6.54 Å². The van der Waals surface area contributed by atoms with Crippen LogP contribution in [0.15, 0.2) is 40.2 Å². The Balaban J connectivity index is 1.93. The van der Waals surface area contributed by atoms with Gasteiger partial charge in [0.15, 0.2) is 11.2 Å². The molecule has 1 amide bonds. The first-order chi connectivity index (χ1) is 11.4. The zero-order valence-electron chi connectivity index (χ0n) is 13.6. The molecule has 8 nitrogen and oxygen atoms in total. The summed E-state index contributed by atoms with van der Waals surface area (Å²) >= 11 is 0. The maximum absolute atomic E-state index is 12.3. The summed E-state index contributed by atoms with van der Waals surface area (Å²) in [6.45, 7) is 1.89. The van der Waals surface area contributed by atoms with Crippen molar-refractivity contribution in [2.24, 2.45) is 14.1 Å². The third-order valence-electron chi connectivity index (χ3n) is 3.87. The second-order valence-corrected chi connectivity index (χ2v) is 5.66. The smallest absolute Gasteiger partial charge is 0.325 e. The van der Waals surface area contributed by atoms with Gasteiger partial charge in [-0.2, -0.15) is 0 Å². The number of nitrogens with zero attached hydrogens (tertiary/aromatic N) is 4.